The van der Waals surface area contributed by atoms with Crippen LogP contribution in [0.25, 0.3) is 6.08 Å². The summed E-state index contributed by atoms with van der Waals surface area (Å²) in [6.07, 6.45) is 4.78. The van der Waals surface area contributed by atoms with Gasteiger partial charge in [0.2, 0.25) is 5.91 Å². The van der Waals surface area contributed by atoms with Gasteiger partial charge in [-0.15, -0.1) is 0 Å². The molecular weight excluding hydrogens is 344 g/mol. The third kappa shape index (κ3) is 7.32. The summed E-state index contributed by atoms with van der Waals surface area (Å²) in [5, 5.41) is 13.6. The van der Waals surface area contributed by atoms with Crippen molar-refractivity contribution in [1.29, 1.82) is 0 Å². The number of hydrogen-bond acceptors (Lipinski definition) is 4. The van der Waals surface area contributed by atoms with Gasteiger partial charge in [0.25, 0.3) is 5.69 Å². The minimum Gasteiger partial charge on any atom is -0.491 e. The van der Waals surface area contributed by atoms with Crippen molar-refractivity contribution in [3.05, 3.63) is 75.8 Å². The normalized spacial score (nSPS) is 10.9. The summed E-state index contributed by atoms with van der Waals surface area (Å²) in [6.45, 7) is 4.54. The van der Waals surface area contributed by atoms with Crippen molar-refractivity contribution in [1.82, 2.24) is 5.32 Å². The maximum absolute atomic E-state index is 11.8. The first-order valence-corrected chi connectivity index (χ1v) is 8.90. The first kappa shape index (κ1) is 20.2. The summed E-state index contributed by atoms with van der Waals surface area (Å²) < 4.78 is 5.61. The van der Waals surface area contributed by atoms with Crippen LogP contribution in [0.15, 0.2) is 54.6 Å². The Morgan fingerprint density at radius 2 is 1.96 bits per heavy atom. The van der Waals surface area contributed by atoms with E-state index in [1.54, 1.807) is 18.2 Å². The lowest BCUT2D eigenvalue weighted by atomic mass is 10.1. The predicted molar refractivity (Wildman–Crippen MR) is 106 cm³/mol. The number of nitro groups is 1. The highest BCUT2D eigenvalue weighted by atomic mass is 16.6. The molecule has 6 nitrogen and oxygen atoms in total. The Labute approximate surface area is 159 Å². The number of nitrogens with one attached hydrogen (secondary N) is 1. The second kappa shape index (κ2) is 10.1. The van der Waals surface area contributed by atoms with Crippen LogP contribution in [-0.4, -0.2) is 23.5 Å². The maximum atomic E-state index is 11.8. The van der Waals surface area contributed by atoms with E-state index in [-0.39, 0.29) is 17.7 Å². The highest BCUT2D eigenvalue weighted by Crippen LogP contribution is 2.15. The molecule has 0 saturated carbocycles. The lowest BCUT2D eigenvalue weighted by Gasteiger charge is -2.10. The number of non-ortho nitro benzene ring substituents is 1. The molecule has 0 spiro atoms. The van der Waals surface area contributed by atoms with E-state index in [2.05, 4.69) is 5.32 Å². The lowest BCUT2D eigenvalue weighted by molar-refractivity contribution is -0.384. The highest BCUT2D eigenvalue weighted by Gasteiger charge is 2.04. The van der Waals surface area contributed by atoms with Crippen molar-refractivity contribution in [2.45, 2.75) is 32.8 Å². The summed E-state index contributed by atoms with van der Waals surface area (Å²) in [4.78, 5) is 22.1. The number of ether oxygens (including phenoxy) is 1. The molecule has 2 rings (SSSR count). The van der Waals surface area contributed by atoms with Gasteiger partial charge in [-0.25, -0.2) is 0 Å². The van der Waals surface area contributed by atoms with Crippen LogP contribution < -0.4 is 10.1 Å². The van der Waals surface area contributed by atoms with E-state index >= 15 is 0 Å². The number of hydrogen-bond donors (Lipinski definition) is 1. The summed E-state index contributed by atoms with van der Waals surface area (Å²) in [7, 11) is 0. The van der Waals surface area contributed by atoms with Crippen molar-refractivity contribution in [3.63, 3.8) is 0 Å². The molecule has 0 atom stereocenters. The number of rotatable bonds is 9. The van der Waals surface area contributed by atoms with Gasteiger partial charge in [0, 0.05) is 24.8 Å². The Balaban J connectivity index is 1.73. The Bertz CT molecular complexity index is 798. The molecule has 0 aliphatic heterocycles. The molecule has 0 heterocycles. The van der Waals surface area contributed by atoms with Crippen molar-refractivity contribution in [2.24, 2.45) is 0 Å². The maximum Gasteiger partial charge on any atom is 0.270 e. The number of carbonyl (C=O) groups is 1. The van der Waals surface area contributed by atoms with Gasteiger partial charge < -0.3 is 10.1 Å². The van der Waals surface area contributed by atoms with Crippen LogP contribution in [0.5, 0.6) is 5.75 Å². The van der Waals surface area contributed by atoms with E-state index in [0.717, 1.165) is 18.6 Å². The molecule has 1 N–H and O–H groups in total. The summed E-state index contributed by atoms with van der Waals surface area (Å²) >= 11 is 0. The summed E-state index contributed by atoms with van der Waals surface area (Å²) in [5.74, 6) is 0.635. The van der Waals surface area contributed by atoms with Gasteiger partial charge in [0.1, 0.15) is 5.75 Å². The third-order valence-corrected chi connectivity index (χ3v) is 3.74. The number of aryl methyl sites for hydroxylation is 1. The molecule has 2 aromatic carbocycles. The van der Waals surface area contributed by atoms with E-state index in [1.165, 1.54) is 23.8 Å². The number of carbonyl (C=O) groups excluding carboxylic acids is 1. The van der Waals surface area contributed by atoms with Crippen LogP contribution in [0.2, 0.25) is 0 Å². The first-order chi connectivity index (χ1) is 12.9. The van der Waals surface area contributed by atoms with E-state index in [0.29, 0.717) is 12.1 Å². The quantitative estimate of drug-likeness (QED) is 0.312. The smallest absolute Gasteiger partial charge is 0.270 e. The second-order valence-corrected chi connectivity index (χ2v) is 6.39. The van der Waals surface area contributed by atoms with Crippen LogP contribution in [0.4, 0.5) is 5.69 Å². The summed E-state index contributed by atoms with van der Waals surface area (Å²) in [6, 6.07) is 14.1. The number of nitrogens with zero attached hydrogens (tertiary/aromatic N) is 1. The molecule has 1 amide bonds. The van der Waals surface area contributed by atoms with Crippen LogP contribution >= 0.6 is 0 Å². The summed E-state index contributed by atoms with van der Waals surface area (Å²) in [5.41, 5.74) is 1.80. The largest absolute Gasteiger partial charge is 0.491 e. The SMILES string of the molecule is CC(C)Oc1ccc(CCCNC(=O)/C=C/c2cccc([N+](=O)[O-])c2)cc1. The van der Waals surface area contributed by atoms with Crippen molar-refractivity contribution in [3.8, 4) is 5.75 Å². The van der Waals surface area contributed by atoms with Crippen LogP contribution in [0.3, 0.4) is 0 Å². The minimum atomic E-state index is -0.459. The Kier molecular flexibility index (Phi) is 7.55. The van der Waals surface area contributed by atoms with Gasteiger partial charge in [-0.3, -0.25) is 14.9 Å². The zero-order valence-electron chi connectivity index (χ0n) is 15.6. The number of amides is 1. The molecule has 0 aliphatic rings. The molecule has 0 aliphatic carbocycles. The molecule has 0 bridgehead atoms. The van der Waals surface area contributed by atoms with Gasteiger partial charge >= 0.3 is 0 Å². The first-order valence-electron chi connectivity index (χ1n) is 8.90. The molecule has 0 unspecified atom stereocenters. The second-order valence-electron chi connectivity index (χ2n) is 6.39. The number of nitro benzene ring substituents is 1. The molecular formula is C21H24N2O4. The van der Waals surface area contributed by atoms with Crippen molar-refractivity contribution < 1.29 is 14.5 Å². The van der Waals surface area contributed by atoms with E-state index in [1.807, 2.05) is 38.1 Å². The van der Waals surface area contributed by atoms with Gasteiger partial charge in [-0.05, 0) is 56.0 Å². The zero-order chi connectivity index (χ0) is 19.6. The average molecular weight is 368 g/mol. The minimum absolute atomic E-state index is 0.00220. The van der Waals surface area contributed by atoms with Gasteiger partial charge in [0.15, 0.2) is 0 Å². The van der Waals surface area contributed by atoms with Crippen molar-refractivity contribution in [2.75, 3.05) is 6.54 Å². The van der Waals surface area contributed by atoms with Gasteiger partial charge in [0.05, 0.1) is 11.0 Å². The molecule has 6 heteroatoms. The Morgan fingerprint density at radius 3 is 2.63 bits per heavy atom. The predicted octanol–water partition coefficient (Wildman–Crippen LogP) is 4.14. The molecule has 0 radical (unpaired) electrons. The molecule has 0 aromatic heterocycles. The third-order valence-electron chi connectivity index (χ3n) is 3.74. The Morgan fingerprint density at radius 1 is 1.22 bits per heavy atom. The van der Waals surface area contributed by atoms with Crippen molar-refractivity contribution >= 4 is 17.7 Å². The molecule has 27 heavy (non-hydrogen) atoms. The monoisotopic (exact) mass is 368 g/mol. The van der Waals surface area contributed by atoms with Gasteiger partial charge in [-0.2, -0.15) is 0 Å². The van der Waals surface area contributed by atoms with E-state index < -0.39 is 4.92 Å². The molecule has 0 fully saturated rings. The number of benzene rings is 2. The molecule has 142 valence electrons. The lowest BCUT2D eigenvalue weighted by Crippen LogP contribution is -2.22. The highest BCUT2D eigenvalue weighted by molar-refractivity contribution is 5.91. The fraction of sp³-hybridized carbons (Fsp3) is 0.286. The fourth-order valence-corrected chi connectivity index (χ4v) is 2.48. The zero-order valence-corrected chi connectivity index (χ0v) is 15.6. The standard InChI is InChI=1S/C21H24N2O4/c1-16(2)27-20-11-8-17(9-12-20)6-4-14-22-21(24)13-10-18-5-3-7-19(15-18)23(25)26/h3,5,7-13,15-16H,4,6,14H2,1-2H3,(H,22,24)/b13-10+. The molecule has 2 aromatic rings. The molecule has 0 saturated heterocycles. The topological polar surface area (TPSA) is 81.5 Å². The van der Waals surface area contributed by atoms with Crippen LogP contribution in [-0.2, 0) is 11.2 Å². The van der Waals surface area contributed by atoms with E-state index in [4.69, 9.17) is 4.74 Å². The Hall–Kier alpha value is -3.15. The average Bonchev–Trinajstić information content (AvgIpc) is 2.64. The fourth-order valence-electron chi connectivity index (χ4n) is 2.48. The van der Waals surface area contributed by atoms with Gasteiger partial charge in [-0.1, -0.05) is 24.3 Å². The van der Waals surface area contributed by atoms with Crippen LogP contribution in [0.1, 0.15) is 31.4 Å². The van der Waals surface area contributed by atoms with Crippen LogP contribution in [0, 0.1) is 10.1 Å². The van der Waals surface area contributed by atoms with E-state index in [9.17, 15) is 14.9 Å².